The Morgan fingerprint density at radius 3 is 2.37 bits per heavy atom. The van der Waals surface area contributed by atoms with E-state index < -0.39 is 5.56 Å². The third-order valence-corrected chi connectivity index (χ3v) is 2.72. The van der Waals surface area contributed by atoms with E-state index in [9.17, 15) is 4.79 Å². The van der Waals surface area contributed by atoms with Crippen molar-refractivity contribution in [1.82, 2.24) is 4.98 Å². The molecule has 5 nitrogen and oxygen atoms in total. The standard InChI is InChI=1S/C14H8N2O3/c15-8-10-9(12-3-1-5-18-12)7-11(16-14(10)17)13-4-2-6-19-13/h1-7H,(H,16,17). The lowest BCUT2D eigenvalue weighted by Crippen LogP contribution is -2.12. The number of H-pyrrole nitrogens is 1. The van der Waals surface area contributed by atoms with Gasteiger partial charge < -0.3 is 13.8 Å². The van der Waals surface area contributed by atoms with Gasteiger partial charge >= 0.3 is 0 Å². The fourth-order valence-corrected chi connectivity index (χ4v) is 1.86. The van der Waals surface area contributed by atoms with Crippen LogP contribution in [0.25, 0.3) is 22.8 Å². The summed E-state index contributed by atoms with van der Waals surface area (Å²) in [5.74, 6) is 0.991. The van der Waals surface area contributed by atoms with Crippen molar-refractivity contribution in [3.05, 3.63) is 58.8 Å². The molecule has 0 saturated carbocycles. The number of nitrogens with zero attached hydrogens (tertiary/aromatic N) is 1. The Morgan fingerprint density at radius 2 is 1.79 bits per heavy atom. The average Bonchev–Trinajstić information content (AvgIpc) is 3.11. The Labute approximate surface area is 107 Å². The summed E-state index contributed by atoms with van der Waals surface area (Å²) in [6.07, 6.45) is 3.00. The van der Waals surface area contributed by atoms with E-state index in [-0.39, 0.29) is 5.56 Å². The predicted molar refractivity (Wildman–Crippen MR) is 67.2 cm³/mol. The van der Waals surface area contributed by atoms with E-state index in [0.29, 0.717) is 22.8 Å². The lowest BCUT2D eigenvalue weighted by atomic mass is 10.1. The zero-order valence-electron chi connectivity index (χ0n) is 9.71. The van der Waals surface area contributed by atoms with Crippen LogP contribution in [-0.4, -0.2) is 4.98 Å². The van der Waals surface area contributed by atoms with Gasteiger partial charge in [-0.15, -0.1) is 0 Å². The summed E-state index contributed by atoms with van der Waals surface area (Å²) < 4.78 is 10.5. The summed E-state index contributed by atoms with van der Waals surface area (Å²) >= 11 is 0. The van der Waals surface area contributed by atoms with Crippen LogP contribution >= 0.6 is 0 Å². The molecule has 0 fully saturated rings. The molecule has 0 aliphatic carbocycles. The van der Waals surface area contributed by atoms with Gasteiger partial charge in [0.2, 0.25) is 0 Å². The summed E-state index contributed by atoms with van der Waals surface area (Å²) in [5.41, 5.74) is 0.496. The summed E-state index contributed by atoms with van der Waals surface area (Å²) in [6.45, 7) is 0. The SMILES string of the molecule is N#Cc1c(-c2ccco2)cc(-c2ccco2)[nH]c1=O. The molecule has 0 spiro atoms. The Morgan fingerprint density at radius 1 is 1.11 bits per heavy atom. The van der Waals surface area contributed by atoms with Crippen LogP contribution < -0.4 is 5.56 Å². The number of hydrogen-bond donors (Lipinski definition) is 1. The van der Waals surface area contributed by atoms with E-state index in [1.54, 1.807) is 30.3 Å². The number of aromatic nitrogens is 1. The van der Waals surface area contributed by atoms with Crippen LogP contribution in [0.1, 0.15) is 5.56 Å². The Balaban J connectivity index is 2.28. The summed E-state index contributed by atoms with van der Waals surface area (Å²) in [4.78, 5) is 14.5. The lowest BCUT2D eigenvalue weighted by Gasteiger charge is -2.03. The molecule has 92 valence electrons. The van der Waals surface area contributed by atoms with E-state index in [0.717, 1.165) is 0 Å². The van der Waals surface area contributed by atoms with Gasteiger partial charge in [-0.05, 0) is 30.3 Å². The third kappa shape index (κ3) is 1.85. The molecule has 3 heterocycles. The molecule has 0 aromatic carbocycles. The topological polar surface area (TPSA) is 82.9 Å². The second kappa shape index (κ2) is 4.35. The van der Waals surface area contributed by atoms with Gasteiger partial charge in [-0.1, -0.05) is 0 Å². The van der Waals surface area contributed by atoms with E-state index in [1.807, 2.05) is 6.07 Å². The van der Waals surface area contributed by atoms with Crippen molar-refractivity contribution in [2.45, 2.75) is 0 Å². The van der Waals surface area contributed by atoms with E-state index in [2.05, 4.69) is 4.98 Å². The maximum absolute atomic E-state index is 11.9. The van der Waals surface area contributed by atoms with Crippen molar-refractivity contribution < 1.29 is 8.83 Å². The molecule has 0 amide bonds. The normalized spacial score (nSPS) is 10.3. The molecule has 0 bridgehead atoms. The molecule has 0 aliphatic rings. The minimum absolute atomic E-state index is 0.0188. The summed E-state index contributed by atoms with van der Waals surface area (Å²) in [6, 6.07) is 10.4. The minimum atomic E-state index is -0.470. The molecule has 3 rings (SSSR count). The highest BCUT2D eigenvalue weighted by molar-refractivity contribution is 5.70. The van der Waals surface area contributed by atoms with Crippen LogP contribution in [0.5, 0.6) is 0 Å². The first-order valence-electron chi connectivity index (χ1n) is 5.55. The van der Waals surface area contributed by atoms with Crippen LogP contribution in [0.4, 0.5) is 0 Å². The monoisotopic (exact) mass is 252 g/mol. The van der Waals surface area contributed by atoms with Gasteiger partial charge in [0.25, 0.3) is 5.56 Å². The number of nitrogens with one attached hydrogen (secondary N) is 1. The Bertz CT molecular complexity index is 790. The number of hydrogen-bond acceptors (Lipinski definition) is 4. The molecular formula is C14H8N2O3. The lowest BCUT2D eigenvalue weighted by molar-refractivity contribution is 0.578. The van der Waals surface area contributed by atoms with Gasteiger partial charge in [0, 0.05) is 5.56 Å². The van der Waals surface area contributed by atoms with E-state index >= 15 is 0 Å². The van der Waals surface area contributed by atoms with Crippen molar-refractivity contribution in [3.63, 3.8) is 0 Å². The Kier molecular flexibility index (Phi) is 2.54. The highest BCUT2D eigenvalue weighted by Gasteiger charge is 2.15. The van der Waals surface area contributed by atoms with Crippen LogP contribution in [-0.2, 0) is 0 Å². The molecule has 3 aromatic heterocycles. The second-order valence-corrected chi connectivity index (χ2v) is 3.87. The van der Waals surface area contributed by atoms with Crippen molar-refractivity contribution >= 4 is 0 Å². The molecular weight excluding hydrogens is 244 g/mol. The van der Waals surface area contributed by atoms with Crippen molar-refractivity contribution in [3.8, 4) is 28.8 Å². The highest BCUT2D eigenvalue weighted by atomic mass is 16.3. The molecule has 19 heavy (non-hydrogen) atoms. The van der Waals surface area contributed by atoms with E-state index in [4.69, 9.17) is 14.1 Å². The maximum Gasteiger partial charge on any atom is 0.267 e. The average molecular weight is 252 g/mol. The molecule has 0 saturated heterocycles. The van der Waals surface area contributed by atoms with Gasteiger partial charge in [0.05, 0.1) is 18.2 Å². The predicted octanol–water partition coefficient (Wildman–Crippen LogP) is 2.77. The van der Waals surface area contributed by atoms with Crippen molar-refractivity contribution in [2.24, 2.45) is 0 Å². The summed E-state index contributed by atoms with van der Waals surface area (Å²) in [5, 5.41) is 9.08. The number of furan rings is 2. The molecule has 5 heteroatoms. The first kappa shape index (κ1) is 11.1. The van der Waals surface area contributed by atoms with E-state index in [1.165, 1.54) is 12.5 Å². The number of pyridine rings is 1. The number of nitriles is 1. The zero-order valence-corrected chi connectivity index (χ0v) is 9.71. The molecule has 0 atom stereocenters. The first-order chi connectivity index (χ1) is 9.29. The largest absolute Gasteiger partial charge is 0.464 e. The fourth-order valence-electron chi connectivity index (χ4n) is 1.86. The highest BCUT2D eigenvalue weighted by Crippen LogP contribution is 2.26. The van der Waals surface area contributed by atoms with Gasteiger partial charge in [-0.25, -0.2) is 0 Å². The Hall–Kier alpha value is -3.00. The van der Waals surface area contributed by atoms with Gasteiger partial charge in [-0.2, -0.15) is 5.26 Å². The third-order valence-electron chi connectivity index (χ3n) is 2.72. The van der Waals surface area contributed by atoms with Crippen molar-refractivity contribution in [1.29, 1.82) is 5.26 Å². The van der Waals surface area contributed by atoms with Crippen molar-refractivity contribution in [2.75, 3.05) is 0 Å². The molecule has 0 radical (unpaired) electrons. The maximum atomic E-state index is 11.9. The van der Waals surface area contributed by atoms with Crippen LogP contribution in [0, 0.1) is 11.3 Å². The van der Waals surface area contributed by atoms with Crippen LogP contribution in [0.3, 0.4) is 0 Å². The molecule has 0 aliphatic heterocycles. The van der Waals surface area contributed by atoms with Gasteiger partial charge in [-0.3, -0.25) is 4.79 Å². The zero-order chi connectivity index (χ0) is 13.2. The fraction of sp³-hybridized carbons (Fsp3) is 0. The molecule has 1 N–H and O–H groups in total. The summed E-state index contributed by atoms with van der Waals surface area (Å²) in [7, 11) is 0. The molecule has 0 unspecified atom stereocenters. The second-order valence-electron chi connectivity index (χ2n) is 3.87. The number of aromatic amines is 1. The van der Waals surface area contributed by atoms with Crippen LogP contribution in [0.15, 0.2) is 56.5 Å². The van der Waals surface area contributed by atoms with Gasteiger partial charge in [0.15, 0.2) is 0 Å². The quantitative estimate of drug-likeness (QED) is 0.760. The molecule has 3 aromatic rings. The smallest absolute Gasteiger partial charge is 0.267 e. The first-order valence-corrected chi connectivity index (χ1v) is 5.55. The number of rotatable bonds is 2. The van der Waals surface area contributed by atoms with Gasteiger partial charge in [0.1, 0.15) is 23.2 Å². The minimum Gasteiger partial charge on any atom is -0.464 e. The van der Waals surface area contributed by atoms with Crippen LogP contribution in [0.2, 0.25) is 0 Å².